The van der Waals surface area contributed by atoms with E-state index in [4.69, 9.17) is 24.3 Å². The third-order valence-corrected chi connectivity index (χ3v) is 7.78. The summed E-state index contributed by atoms with van der Waals surface area (Å²) in [5.41, 5.74) is 5.88. The molecule has 0 amide bonds. The minimum absolute atomic E-state index is 0.546. The molecule has 0 atom stereocenters. The van der Waals surface area contributed by atoms with Gasteiger partial charge in [0.1, 0.15) is 16.4 Å². The van der Waals surface area contributed by atoms with Gasteiger partial charge in [-0.25, -0.2) is 9.50 Å². The van der Waals surface area contributed by atoms with Gasteiger partial charge in [-0.3, -0.25) is 0 Å². The van der Waals surface area contributed by atoms with Crippen LogP contribution < -0.4 is 14.2 Å². The van der Waals surface area contributed by atoms with Crippen molar-refractivity contribution in [1.82, 2.24) is 14.6 Å². The van der Waals surface area contributed by atoms with E-state index in [0.29, 0.717) is 17.2 Å². The second-order valence-corrected chi connectivity index (χ2v) is 9.91. The second kappa shape index (κ2) is 9.84. The average molecular weight is 522 g/mol. The van der Waals surface area contributed by atoms with Crippen molar-refractivity contribution < 1.29 is 14.2 Å². The van der Waals surface area contributed by atoms with E-state index in [0.717, 1.165) is 50.0 Å². The van der Waals surface area contributed by atoms with Crippen molar-refractivity contribution in [3.8, 4) is 50.9 Å². The van der Waals surface area contributed by atoms with E-state index >= 15 is 0 Å². The fraction of sp³-hybridized carbons (Fsp3) is 0.161. The predicted octanol–water partition coefficient (Wildman–Crippen LogP) is 7.53. The van der Waals surface area contributed by atoms with Gasteiger partial charge < -0.3 is 14.2 Å². The van der Waals surface area contributed by atoms with Gasteiger partial charge in [0.15, 0.2) is 11.5 Å². The molecule has 190 valence electrons. The first-order valence-corrected chi connectivity index (χ1v) is 13.2. The van der Waals surface area contributed by atoms with Gasteiger partial charge in [-0.2, -0.15) is 5.10 Å². The summed E-state index contributed by atoms with van der Waals surface area (Å²) in [5, 5.41) is 8.39. The van der Waals surface area contributed by atoms with Crippen molar-refractivity contribution in [2.45, 2.75) is 13.3 Å². The van der Waals surface area contributed by atoms with Crippen LogP contribution in [0.4, 0.5) is 0 Å². The zero-order chi connectivity index (χ0) is 26.2. The molecule has 0 N–H and O–H groups in total. The number of aromatic nitrogens is 3. The van der Waals surface area contributed by atoms with Crippen LogP contribution in [0.25, 0.3) is 49.4 Å². The standard InChI is InChI=1S/C31H27N3O3S/c1-5-27-33-34-29(24-13-9-8-12-23(24)21-15-14-19-10-6-7-11-20(19)16-21)28(32-31(34)38-27)22-17-25(35-2)30(37-4)26(18-22)36-3/h6-18H,5H2,1-4H3. The zero-order valence-electron chi connectivity index (χ0n) is 21.7. The minimum atomic E-state index is 0.546. The van der Waals surface area contributed by atoms with Crippen molar-refractivity contribution in [1.29, 1.82) is 0 Å². The number of rotatable bonds is 7. The topological polar surface area (TPSA) is 57.9 Å². The van der Waals surface area contributed by atoms with Crippen molar-refractivity contribution in [2.75, 3.05) is 21.3 Å². The van der Waals surface area contributed by atoms with Crippen molar-refractivity contribution in [2.24, 2.45) is 0 Å². The first-order chi connectivity index (χ1) is 18.6. The summed E-state index contributed by atoms with van der Waals surface area (Å²) in [6.07, 6.45) is 0.847. The molecule has 0 aliphatic carbocycles. The molecule has 0 fully saturated rings. The molecule has 0 bridgehead atoms. The van der Waals surface area contributed by atoms with Crippen LogP contribution in [0.2, 0.25) is 0 Å². The summed E-state index contributed by atoms with van der Waals surface area (Å²) in [6, 6.07) is 27.3. The first kappa shape index (κ1) is 24.0. The summed E-state index contributed by atoms with van der Waals surface area (Å²) < 4.78 is 18.9. The Bertz CT molecular complexity index is 1760. The van der Waals surface area contributed by atoms with Crippen LogP contribution in [-0.4, -0.2) is 35.9 Å². The summed E-state index contributed by atoms with van der Waals surface area (Å²) in [6.45, 7) is 2.11. The Hall–Kier alpha value is -4.36. The summed E-state index contributed by atoms with van der Waals surface area (Å²) in [5.74, 6) is 1.70. The van der Waals surface area contributed by atoms with Gasteiger partial charge in [-0.15, -0.1) is 0 Å². The SMILES string of the molecule is CCc1nn2c(-c3ccccc3-c3ccc4ccccc4c3)c(-c3cc(OC)c(OC)c(OC)c3)nc2s1. The van der Waals surface area contributed by atoms with Gasteiger partial charge in [-0.05, 0) is 46.5 Å². The van der Waals surface area contributed by atoms with Crippen LogP contribution in [0.5, 0.6) is 17.2 Å². The Morgan fingerprint density at radius 3 is 2.11 bits per heavy atom. The number of benzene rings is 4. The van der Waals surface area contributed by atoms with E-state index in [2.05, 4.69) is 73.7 Å². The highest BCUT2D eigenvalue weighted by atomic mass is 32.1. The van der Waals surface area contributed by atoms with E-state index in [1.165, 1.54) is 10.8 Å². The smallest absolute Gasteiger partial charge is 0.213 e. The van der Waals surface area contributed by atoms with Crippen molar-refractivity contribution in [3.05, 3.63) is 83.9 Å². The molecule has 0 spiro atoms. The number of methoxy groups -OCH3 is 3. The van der Waals surface area contributed by atoms with Crippen molar-refractivity contribution in [3.63, 3.8) is 0 Å². The molecule has 4 aromatic carbocycles. The molecule has 38 heavy (non-hydrogen) atoms. The van der Waals surface area contributed by atoms with Crippen LogP contribution in [-0.2, 0) is 6.42 Å². The number of imidazole rings is 1. The second-order valence-electron chi connectivity index (χ2n) is 8.87. The molecule has 0 saturated heterocycles. The number of fused-ring (bicyclic) bond motifs is 2. The van der Waals surface area contributed by atoms with Crippen molar-refractivity contribution >= 4 is 27.1 Å². The third-order valence-electron chi connectivity index (χ3n) is 6.73. The van der Waals surface area contributed by atoms with Crippen LogP contribution in [0.3, 0.4) is 0 Å². The molecule has 6 aromatic rings. The average Bonchev–Trinajstić information content (AvgIpc) is 3.54. The quantitative estimate of drug-likeness (QED) is 0.217. The lowest BCUT2D eigenvalue weighted by Gasteiger charge is -2.15. The Balaban J connectivity index is 1.63. The number of hydrogen-bond donors (Lipinski definition) is 0. The molecular formula is C31H27N3O3S. The summed E-state index contributed by atoms with van der Waals surface area (Å²) >= 11 is 1.61. The summed E-state index contributed by atoms with van der Waals surface area (Å²) in [7, 11) is 4.85. The first-order valence-electron chi connectivity index (χ1n) is 12.4. The lowest BCUT2D eigenvalue weighted by molar-refractivity contribution is 0.324. The molecule has 0 unspecified atom stereocenters. The lowest BCUT2D eigenvalue weighted by Crippen LogP contribution is -1.97. The predicted molar refractivity (Wildman–Crippen MR) is 154 cm³/mol. The van der Waals surface area contributed by atoms with E-state index in [1.54, 1.807) is 32.7 Å². The fourth-order valence-corrected chi connectivity index (χ4v) is 5.72. The molecule has 7 heteroatoms. The number of ether oxygens (including phenoxy) is 3. The van der Waals surface area contributed by atoms with E-state index in [-0.39, 0.29) is 0 Å². The van der Waals surface area contributed by atoms with E-state index < -0.39 is 0 Å². The molecule has 0 saturated carbocycles. The Morgan fingerprint density at radius 1 is 0.737 bits per heavy atom. The highest BCUT2D eigenvalue weighted by Gasteiger charge is 2.24. The molecular weight excluding hydrogens is 494 g/mol. The van der Waals surface area contributed by atoms with Gasteiger partial charge in [0, 0.05) is 11.1 Å². The number of hydrogen-bond acceptors (Lipinski definition) is 6. The molecule has 2 aromatic heterocycles. The fourth-order valence-electron chi connectivity index (χ4n) is 4.89. The van der Waals surface area contributed by atoms with Crippen LogP contribution in [0.15, 0.2) is 78.9 Å². The highest BCUT2D eigenvalue weighted by Crippen LogP contribution is 2.45. The van der Waals surface area contributed by atoms with Crippen LogP contribution >= 0.6 is 11.3 Å². The van der Waals surface area contributed by atoms with E-state index in [9.17, 15) is 0 Å². The summed E-state index contributed by atoms with van der Waals surface area (Å²) in [4.78, 5) is 5.93. The molecule has 6 nitrogen and oxygen atoms in total. The Morgan fingerprint density at radius 2 is 1.42 bits per heavy atom. The largest absolute Gasteiger partial charge is 0.493 e. The normalized spacial score (nSPS) is 11.3. The number of nitrogens with zero attached hydrogens (tertiary/aromatic N) is 3. The minimum Gasteiger partial charge on any atom is -0.493 e. The molecule has 0 aliphatic heterocycles. The lowest BCUT2D eigenvalue weighted by atomic mass is 9.94. The Labute approximate surface area is 225 Å². The number of aryl methyl sites for hydroxylation is 1. The maximum Gasteiger partial charge on any atom is 0.213 e. The molecule has 0 aliphatic rings. The maximum absolute atomic E-state index is 5.66. The Kier molecular flexibility index (Phi) is 6.21. The monoisotopic (exact) mass is 521 g/mol. The van der Waals surface area contributed by atoms with E-state index in [1.807, 2.05) is 16.6 Å². The van der Waals surface area contributed by atoms with Gasteiger partial charge in [0.05, 0.1) is 21.3 Å². The molecule has 2 heterocycles. The third kappa shape index (κ3) is 3.96. The van der Waals surface area contributed by atoms with Gasteiger partial charge in [0.2, 0.25) is 10.7 Å². The van der Waals surface area contributed by atoms with Gasteiger partial charge >= 0.3 is 0 Å². The van der Waals surface area contributed by atoms with Gasteiger partial charge in [-0.1, -0.05) is 78.9 Å². The molecule has 6 rings (SSSR count). The zero-order valence-corrected chi connectivity index (χ0v) is 22.5. The maximum atomic E-state index is 5.66. The van der Waals surface area contributed by atoms with Crippen LogP contribution in [0, 0.1) is 0 Å². The van der Waals surface area contributed by atoms with Gasteiger partial charge in [0.25, 0.3) is 0 Å². The molecule has 0 radical (unpaired) electrons. The van der Waals surface area contributed by atoms with Crippen LogP contribution in [0.1, 0.15) is 11.9 Å². The highest BCUT2D eigenvalue weighted by molar-refractivity contribution is 7.16.